The van der Waals surface area contributed by atoms with E-state index < -0.39 is 10.9 Å². The lowest BCUT2D eigenvalue weighted by molar-refractivity contribution is -0.385. The fourth-order valence-electron chi connectivity index (χ4n) is 1.57. The zero-order valence-electron chi connectivity index (χ0n) is 10.8. The number of methoxy groups -OCH3 is 1. The average Bonchev–Trinajstić information content (AvgIpc) is 2.47. The van der Waals surface area contributed by atoms with Gasteiger partial charge in [0.2, 0.25) is 5.75 Å². The first-order chi connectivity index (χ1) is 10.0. The van der Waals surface area contributed by atoms with E-state index >= 15 is 0 Å². The van der Waals surface area contributed by atoms with Gasteiger partial charge >= 0.3 is 11.7 Å². The number of carboxylic acids is 1. The van der Waals surface area contributed by atoms with E-state index in [1.807, 2.05) is 0 Å². The number of hydrogen-bond donors (Lipinski definition) is 1. The lowest BCUT2D eigenvalue weighted by Gasteiger charge is -2.08. The van der Waals surface area contributed by atoms with Gasteiger partial charge in [-0.05, 0) is 12.1 Å². The SMILES string of the molecule is COc1ccc([N+](=O)[O-])c(Oc2cncc(C(=O)O)c2)c1. The van der Waals surface area contributed by atoms with Gasteiger partial charge < -0.3 is 14.6 Å². The van der Waals surface area contributed by atoms with Crippen LogP contribution in [0.25, 0.3) is 0 Å². The van der Waals surface area contributed by atoms with Gasteiger partial charge in [-0.15, -0.1) is 0 Å². The molecule has 0 atom stereocenters. The number of aromatic carboxylic acids is 1. The Hall–Kier alpha value is -3.16. The summed E-state index contributed by atoms with van der Waals surface area (Å²) in [5.41, 5.74) is -0.352. The van der Waals surface area contributed by atoms with E-state index in [9.17, 15) is 14.9 Å². The van der Waals surface area contributed by atoms with Crippen molar-refractivity contribution in [3.63, 3.8) is 0 Å². The number of nitro groups is 1. The first-order valence-corrected chi connectivity index (χ1v) is 5.70. The van der Waals surface area contributed by atoms with Gasteiger partial charge in [0.05, 0.1) is 23.8 Å². The zero-order valence-corrected chi connectivity index (χ0v) is 10.8. The molecular formula is C13H10N2O6. The molecule has 0 bridgehead atoms. The smallest absolute Gasteiger partial charge is 0.337 e. The molecule has 0 fully saturated rings. The minimum atomic E-state index is -1.17. The zero-order chi connectivity index (χ0) is 15.4. The molecule has 108 valence electrons. The van der Waals surface area contributed by atoms with Gasteiger partial charge in [0, 0.05) is 18.3 Å². The maximum Gasteiger partial charge on any atom is 0.337 e. The van der Waals surface area contributed by atoms with Gasteiger partial charge in [-0.3, -0.25) is 15.1 Å². The second-order valence-corrected chi connectivity index (χ2v) is 3.91. The van der Waals surface area contributed by atoms with Crippen molar-refractivity contribution in [2.45, 2.75) is 0 Å². The van der Waals surface area contributed by atoms with Gasteiger partial charge in [0.15, 0.2) is 0 Å². The summed E-state index contributed by atoms with van der Waals surface area (Å²) in [5, 5.41) is 19.8. The van der Waals surface area contributed by atoms with Gasteiger partial charge in [-0.2, -0.15) is 0 Å². The molecular weight excluding hydrogens is 280 g/mol. The standard InChI is InChI=1S/C13H10N2O6/c1-20-9-2-3-11(15(18)19)12(5-9)21-10-4-8(13(16)17)6-14-7-10/h2-7H,1H3,(H,16,17). The monoisotopic (exact) mass is 290 g/mol. The van der Waals surface area contributed by atoms with Crippen LogP contribution in [0.15, 0.2) is 36.7 Å². The molecule has 1 N–H and O–H groups in total. The third-order valence-electron chi connectivity index (χ3n) is 2.55. The molecule has 0 amide bonds. The second kappa shape index (κ2) is 5.87. The molecule has 1 aromatic carbocycles. The first kappa shape index (κ1) is 14.3. The van der Waals surface area contributed by atoms with Crippen molar-refractivity contribution in [3.8, 4) is 17.2 Å². The molecule has 0 aliphatic rings. The lowest BCUT2D eigenvalue weighted by atomic mass is 10.2. The number of hydrogen-bond acceptors (Lipinski definition) is 6. The number of nitrogens with zero attached hydrogens (tertiary/aromatic N) is 2. The number of ether oxygens (including phenoxy) is 2. The van der Waals surface area contributed by atoms with Crippen LogP contribution in [-0.4, -0.2) is 28.1 Å². The predicted octanol–water partition coefficient (Wildman–Crippen LogP) is 2.49. The molecule has 21 heavy (non-hydrogen) atoms. The van der Waals surface area contributed by atoms with Crippen LogP contribution in [0.1, 0.15) is 10.4 Å². The number of pyridine rings is 1. The summed E-state index contributed by atoms with van der Waals surface area (Å²) < 4.78 is 10.3. The molecule has 0 radical (unpaired) electrons. The Morgan fingerprint density at radius 2 is 2.05 bits per heavy atom. The van der Waals surface area contributed by atoms with Crippen molar-refractivity contribution in [1.29, 1.82) is 0 Å². The van der Waals surface area contributed by atoms with Crippen molar-refractivity contribution >= 4 is 11.7 Å². The largest absolute Gasteiger partial charge is 0.497 e. The van der Waals surface area contributed by atoms with Gasteiger partial charge in [0.25, 0.3) is 0 Å². The third kappa shape index (κ3) is 3.24. The minimum Gasteiger partial charge on any atom is -0.497 e. The Bertz CT molecular complexity index is 701. The van der Waals surface area contributed by atoms with Crippen molar-refractivity contribution in [3.05, 3.63) is 52.3 Å². The molecule has 1 aromatic heterocycles. The summed E-state index contributed by atoms with van der Waals surface area (Å²) in [6.07, 6.45) is 2.41. The van der Waals surface area contributed by atoms with Crippen molar-refractivity contribution in [1.82, 2.24) is 4.98 Å². The molecule has 8 heteroatoms. The highest BCUT2D eigenvalue weighted by molar-refractivity contribution is 5.87. The van der Waals surface area contributed by atoms with Crippen LogP contribution >= 0.6 is 0 Å². The van der Waals surface area contributed by atoms with Crippen molar-refractivity contribution in [2.24, 2.45) is 0 Å². The van der Waals surface area contributed by atoms with E-state index in [2.05, 4.69) is 4.98 Å². The molecule has 0 unspecified atom stereocenters. The Morgan fingerprint density at radius 3 is 2.67 bits per heavy atom. The normalized spacial score (nSPS) is 9.95. The maximum atomic E-state index is 11.0. The van der Waals surface area contributed by atoms with Gasteiger partial charge in [-0.1, -0.05) is 0 Å². The Morgan fingerprint density at radius 1 is 1.29 bits per heavy atom. The van der Waals surface area contributed by atoms with E-state index in [0.717, 1.165) is 6.20 Å². The molecule has 1 heterocycles. The fraction of sp³-hybridized carbons (Fsp3) is 0.0769. The second-order valence-electron chi connectivity index (χ2n) is 3.91. The highest BCUT2D eigenvalue weighted by Crippen LogP contribution is 2.34. The number of benzene rings is 1. The highest BCUT2D eigenvalue weighted by atomic mass is 16.6. The molecule has 0 saturated heterocycles. The maximum absolute atomic E-state index is 11.0. The molecule has 0 aliphatic carbocycles. The highest BCUT2D eigenvalue weighted by Gasteiger charge is 2.17. The Kier molecular flexibility index (Phi) is 3.98. The molecule has 2 aromatic rings. The van der Waals surface area contributed by atoms with Crippen LogP contribution in [0.2, 0.25) is 0 Å². The van der Waals surface area contributed by atoms with Gasteiger partial charge in [-0.25, -0.2) is 4.79 Å². The lowest BCUT2D eigenvalue weighted by Crippen LogP contribution is -1.99. The topological polar surface area (TPSA) is 112 Å². The number of nitro benzene ring substituents is 1. The van der Waals surface area contributed by atoms with Crippen LogP contribution in [0.5, 0.6) is 17.2 Å². The van der Waals surface area contributed by atoms with Gasteiger partial charge in [0.1, 0.15) is 11.5 Å². The van der Waals surface area contributed by atoms with Crippen molar-refractivity contribution < 1.29 is 24.3 Å². The van der Waals surface area contributed by atoms with Crippen LogP contribution < -0.4 is 9.47 Å². The summed E-state index contributed by atoms with van der Waals surface area (Å²) in [4.78, 5) is 24.9. The number of carbonyl (C=O) groups is 1. The quantitative estimate of drug-likeness (QED) is 0.664. The van der Waals surface area contributed by atoms with Crippen molar-refractivity contribution in [2.75, 3.05) is 7.11 Å². The predicted molar refractivity (Wildman–Crippen MR) is 70.9 cm³/mol. The molecule has 8 nitrogen and oxygen atoms in total. The van der Waals surface area contributed by atoms with E-state index in [0.29, 0.717) is 5.75 Å². The molecule has 0 aliphatic heterocycles. The summed E-state index contributed by atoms with van der Waals surface area (Å²) in [6, 6.07) is 5.23. The number of carboxylic acid groups (broad SMARTS) is 1. The summed E-state index contributed by atoms with van der Waals surface area (Å²) in [5.74, 6) is -0.791. The van der Waals surface area contributed by atoms with Crippen LogP contribution in [0, 0.1) is 10.1 Å². The summed E-state index contributed by atoms with van der Waals surface area (Å²) in [6.45, 7) is 0. The van der Waals surface area contributed by atoms with E-state index in [1.165, 1.54) is 37.6 Å². The average molecular weight is 290 g/mol. The number of aromatic nitrogens is 1. The molecule has 0 saturated carbocycles. The Labute approximate surface area is 118 Å². The van der Waals surface area contributed by atoms with Crippen LogP contribution in [0.3, 0.4) is 0 Å². The third-order valence-corrected chi connectivity index (χ3v) is 2.55. The fourth-order valence-corrected chi connectivity index (χ4v) is 1.57. The summed E-state index contributed by atoms with van der Waals surface area (Å²) in [7, 11) is 1.41. The molecule has 2 rings (SSSR count). The van der Waals surface area contributed by atoms with E-state index in [1.54, 1.807) is 0 Å². The van der Waals surface area contributed by atoms with E-state index in [-0.39, 0.29) is 22.7 Å². The van der Waals surface area contributed by atoms with E-state index in [4.69, 9.17) is 14.6 Å². The minimum absolute atomic E-state index is 0.0660. The van der Waals surface area contributed by atoms with Crippen LogP contribution in [-0.2, 0) is 0 Å². The molecule has 0 spiro atoms. The first-order valence-electron chi connectivity index (χ1n) is 5.70. The number of rotatable bonds is 5. The summed E-state index contributed by atoms with van der Waals surface area (Å²) >= 11 is 0. The Balaban J connectivity index is 2.40. The van der Waals surface area contributed by atoms with Crippen LogP contribution in [0.4, 0.5) is 5.69 Å².